The van der Waals surface area contributed by atoms with Crippen molar-refractivity contribution in [1.82, 2.24) is 10.6 Å². The third-order valence-corrected chi connectivity index (χ3v) is 6.67. The first kappa shape index (κ1) is 23.5. The summed E-state index contributed by atoms with van der Waals surface area (Å²) in [6, 6.07) is 16.7. The molecule has 3 aromatic rings. The first-order valence-electron chi connectivity index (χ1n) is 10.7. The molecule has 33 heavy (non-hydrogen) atoms. The molecule has 3 atom stereocenters. The summed E-state index contributed by atoms with van der Waals surface area (Å²) in [6.45, 7) is 3.56. The Kier molecular flexibility index (Phi) is 6.66. The zero-order valence-electron chi connectivity index (χ0n) is 18.3. The Hall–Kier alpha value is -2.61. The fraction of sp³-hybridized carbons (Fsp3) is 0.269. The van der Waals surface area contributed by atoms with Crippen molar-refractivity contribution in [2.75, 3.05) is 6.54 Å². The highest BCUT2D eigenvalue weighted by molar-refractivity contribution is 9.10. The lowest BCUT2D eigenvalue weighted by Gasteiger charge is -2.32. The highest BCUT2D eigenvalue weighted by atomic mass is 79.9. The van der Waals surface area contributed by atoms with E-state index in [1.165, 1.54) is 19.1 Å². The third kappa shape index (κ3) is 4.86. The second-order valence-corrected chi connectivity index (χ2v) is 9.51. The van der Waals surface area contributed by atoms with Gasteiger partial charge in [-0.25, -0.2) is 8.78 Å². The molecule has 0 saturated carbocycles. The molecule has 4 nitrogen and oxygen atoms in total. The van der Waals surface area contributed by atoms with Crippen molar-refractivity contribution in [3.8, 4) is 11.1 Å². The summed E-state index contributed by atoms with van der Waals surface area (Å²) >= 11 is 3.55. The molecule has 0 fully saturated rings. The predicted octanol–water partition coefficient (Wildman–Crippen LogP) is 4.67. The second kappa shape index (κ2) is 9.33. The van der Waals surface area contributed by atoms with Crippen molar-refractivity contribution >= 4 is 21.8 Å². The monoisotopic (exact) mass is 514 g/mol. The number of hydrogen-bond acceptors (Lipinski definition) is 3. The van der Waals surface area contributed by atoms with Crippen LogP contribution in [-0.4, -0.2) is 29.7 Å². The lowest BCUT2D eigenvalue weighted by Crippen LogP contribution is -2.51. The fourth-order valence-corrected chi connectivity index (χ4v) is 4.99. The lowest BCUT2D eigenvalue weighted by molar-refractivity contribution is -0.120. The van der Waals surface area contributed by atoms with Crippen LogP contribution in [0.2, 0.25) is 0 Å². The maximum Gasteiger partial charge on any atom is 0.217 e. The summed E-state index contributed by atoms with van der Waals surface area (Å²) in [6.07, 6.45) is -0.910. The Morgan fingerprint density at radius 3 is 2.39 bits per heavy atom. The van der Waals surface area contributed by atoms with E-state index >= 15 is 0 Å². The van der Waals surface area contributed by atoms with Gasteiger partial charge in [-0.2, -0.15) is 0 Å². The van der Waals surface area contributed by atoms with Crippen LogP contribution in [0.4, 0.5) is 8.78 Å². The summed E-state index contributed by atoms with van der Waals surface area (Å²) < 4.78 is 28.3. The highest BCUT2D eigenvalue weighted by Gasteiger charge is 2.39. The Bertz CT molecular complexity index is 1180. The number of rotatable bonds is 7. The van der Waals surface area contributed by atoms with E-state index < -0.39 is 29.3 Å². The van der Waals surface area contributed by atoms with Gasteiger partial charge >= 0.3 is 0 Å². The minimum absolute atomic E-state index is 0.0898. The van der Waals surface area contributed by atoms with Gasteiger partial charge in [-0.3, -0.25) is 4.79 Å². The number of fused-ring (bicyclic) bond motifs is 3. The molecule has 1 amide bonds. The minimum Gasteiger partial charge on any atom is -0.390 e. The molecular formula is C26H25BrF2N2O2. The van der Waals surface area contributed by atoms with Gasteiger partial charge in [0.15, 0.2) is 0 Å². The van der Waals surface area contributed by atoms with Gasteiger partial charge in [-0.1, -0.05) is 46.3 Å². The van der Waals surface area contributed by atoms with Gasteiger partial charge in [0.1, 0.15) is 11.6 Å². The van der Waals surface area contributed by atoms with Crippen LogP contribution in [0.15, 0.2) is 65.1 Å². The highest BCUT2D eigenvalue weighted by Crippen LogP contribution is 2.47. The van der Waals surface area contributed by atoms with Crippen LogP contribution >= 0.6 is 15.9 Å². The van der Waals surface area contributed by atoms with Gasteiger partial charge in [0.25, 0.3) is 0 Å². The number of aliphatic hydroxyl groups excluding tert-OH is 1. The molecule has 1 unspecified atom stereocenters. The van der Waals surface area contributed by atoms with Gasteiger partial charge in [-0.05, 0) is 65.4 Å². The molecule has 0 aliphatic heterocycles. The van der Waals surface area contributed by atoms with Crippen molar-refractivity contribution in [1.29, 1.82) is 0 Å². The number of amides is 1. The van der Waals surface area contributed by atoms with Gasteiger partial charge in [0, 0.05) is 24.0 Å². The van der Waals surface area contributed by atoms with Gasteiger partial charge in [-0.15, -0.1) is 0 Å². The molecular weight excluding hydrogens is 490 g/mol. The number of hydrogen-bond donors (Lipinski definition) is 3. The molecule has 0 saturated heterocycles. The Morgan fingerprint density at radius 1 is 1.03 bits per heavy atom. The van der Waals surface area contributed by atoms with E-state index in [1.54, 1.807) is 0 Å². The summed E-state index contributed by atoms with van der Waals surface area (Å²) in [4.78, 5) is 11.8. The first-order valence-corrected chi connectivity index (χ1v) is 11.5. The summed E-state index contributed by atoms with van der Waals surface area (Å²) in [5, 5.41) is 17.2. The first-order chi connectivity index (χ1) is 15.7. The quantitative estimate of drug-likeness (QED) is 0.429. The van der Waals surface area contributed by atoms with Crippen molar-refractivity contribution < 1.29 is 18.7 Å². The van der Waals surface area contributed by atoms with E-state index in [9.17, 15) is 18.7 Å². The van der Waals surface area contributed by atoms with Crippen LogP contribution in [0.1, 0.15) is 30.5 Å². The lowest BCUT2D eigenvalue weighted by atomic mass is 9.89. The van der Waals surface area contributed by atoms with Gasteiger partial charge in [0.05, 0.1) is 17.7 Å². The standard InChI is InChI=1S/C26H25BrF2N2O2/c1-15(32)31-24(11-16-9-18(28)13-19(29)10-16)25(33)14-30-26(2)22-6-4-3-5-20(22)21-8-7-17(27)12-23(21)26/h3-10,12-13,24-25,30,33H,11,14H2,1-2H3,(H,31,32)/t24-,25+,26?/m0/s1. The number of aliphatic hydroxyl groups is 1. The molecule has 7 heteroatoms. The molecule has 0 heterocycles. The summed E-state index contributed by atoms with van der Waals surface area (Å²) in [5.74, 6) is -1.73. The number of benzene rings is 3. The Balaban J connectivity index is 1.58. The maximum atomic E-state index is 13.7. The number of nitrogens with one attached hydrogen (secondary N) is 2. The molecule has 0 spiro atoms. The zero-order valence-corrected chi connectivity index (χ0v) is 19.9. The molecule has 172 valence electrons. The maximum absolute atomic E-state index is 13.7. The topological polar surface area (TPSA) is 61.4 Å². The average molecular weight is 515 g/mol. The smallest absolute Gasteiger partial charge is 0.217 e. The van der Waals surface area contributed by atoms with Crippen molar-refractivity contribution in [3.63, 3.8) is 0 Å². The largest absolute Gasteiger partial charge is 0.390 e. The van der Waals surface area contributed by atoms with E-state index in [-0.39, 0.29) is 18.9 Å². The molecule has 0 radical (unpaired) electrons. The molecule has 4 rings (SSSR count). The predicted molar refractivity (Wildman–Crippen MR) is 128 cm³/mol. The van der Waals surface area contributed by atoms with Crippen molar-refractivity contribution in [3.05, 3.63) is 93.5 Å². The van der Waals surface area contributed by atoms with Crippen LogP contribution < -0.4 is 10.6 Å². The SMILES string of the molecule is CC(=O)N[C@@H](Cc1cc(F)cc(F)c1)[C@H](O)CNC1(C)c2ccccc2-c2ccc(Br)cc21. The van der Waals surface area contributed by atoms with E-state index in [4.69, 9.17) is 0 Å². The minimum atomic E-state index is -1.000. The number of carbonyl (C=O) groups excluding carboxylic acids is 1. The molecule has 3 N–H and O–H groups in total. The fourth-order valence-electron chi connectivity index (χ4n) is 4.63. The van der Waals surface area contributed by atoms with E-state index in [0.29, 0.717) is 5.56 Å². The van der Waals surface area contributed by atoms with Crippen LogP contribution in [0.25, 0.3) is 11.1 Å². The zero-order chi connectivity index (χ0) is 23.8. The van der Waals surface area contributed by atoms with Gasteiger partial charge in [0.2, 0.25) is 5.91 Å². The molecule has 1 aliphatic rings. The number of carbonyl (C=O) groups is 1. The molecule has 3 aromatic carbocycles. The summed E-state index contributed by atoms with van der Waals surface area (Å²) in [5.41, 5.74) is 4.20. The van der Waals surface area contributed by atoms with Crippen molar-refractivity contribution in [2.45, 2.75) is 38.0 Å². The average Bonchev–Trinajstić information content (AvgIpc) is 2.99. The van der Waals surface area contributed by atoms with E-state index in [0.717, 1.165) is 32.8 Å². The van der Waals surface area contributed by atoms with Crippen LogP contribution in [0, 0.1) is 11.6 Å². The number of halogens is 3. The van der Waals surface area contributed by atoms with Crippen LogP contribution in [0.5, 0.6) is 0 Å². The van der Waals surface area contributed by atoms with Crippen LogP contribution in [-0.2, 0) is 16.8 Å². The molecule has 0 bridgehead atoms. The second-order valence-electron chi connectivity index (χ2n) is 8.60. The van der Waals surface area contributed by atoms with Gasteiger partial charge < -0.3 is 15.7 Å². The molecule has 1 aliphatic carbocycles. The van der Waals surface area contributed by atoms with Crippen LogP contribution in [0.3, 0.4) is 0 Å². The van der Waals surface area contributed by atoms with Crippen molar-refractivity contribution in [2.24, 2.45) is 0 Å². The normalized spacial score (nSPS) is 18.4. The van der Waals surface area contributed by atoms with E-state index in [1.807, 2.05) is 18.2 Å². The third-order valence-electron chi connectivity index (χ3n) is 6.17. The molecule has 0 aromatic heterocycles. The van der Waals surface area contributed by atoms with E-state index in [2.05, 4.69) is 57.8 Å². The Morgan fingerprint density at radius 2 is 1.70 bits per heavy atom. The summed E-state index contributed by atoms with van der Waals surface area (Å²) in [7, 11) is 0. The Labute approximate surface area is 200 Å².